The van der Waals surface area contributed by atoms with Gasteiger partial charge < -0.3 is 15.0 Å². The van der Waals surface area contributed by atoms with Gasteiger partial charge in [0.2, 0.25) is 0 Å². The molecule has 3 heterocycles. The molecular formula is C21H30N4O3S+2. The summed E-state index contributed by atoms with van der Waals surface area (Å²) in [5.41, 5.74) is 0.452. The molecule has 0 saturated carbocycles. The van der Waals surface area contributed by atoms with Crippen LogP contribution < -0.4 is 20.1 Å². The Hall–Kier alpha value is -2.45. The van der Waals surface area contributed by atoms with Crippen molar-refractivity contribution >= 4 is 34.0 Å². The molecule has 8 heteroatoms. The molecular weight excluding hydrogens is 388 g/mol. The Labute approximate surface area is 175 Å². The fraction of sp³-hybridized carbons (Fsp3) is 0.476. The van der Waals surface area contributed by atoms with Crippen LogP contribution in [0.25, 0.3) is 0 Å². The highest BCUT2D eigenvalue weighted by Gasteiger charge is 2.28. The van der Waals surface area contributed by atoms with Crippen molar-refractivity contribution in [3.05, 3.63) is 40.9 Å². The van der Waals surface area contributed by atoms with Gasteiger partial charge in [-0.3, -0.25) is 9.69 Å². The Morgan fingerprint density at radius 2 is 2.07 bits per heavy atom. The van der Waals surface area contributed by atoms with E-state index in [9.17, 15) is 9.59 Å². The van der Waals surface area contributed by atoms with E-state index in [0.717, 1.165) is 36.9 Å². The first-order chi connectivity index (χ1) is 14.0. The van der Waals surface area contributed by atoms with Crippen molar-refractivity contribution in [2.45, 2.75) is 26.7 Å². The van der Waals surface area contributed by atoms with E-state index < -0.39 is 0 Å². The molecule has 1 aliphatic heterocycles. The van der Waals surface area contributed by atoms with E-state index in [-0.39, 0.29) is 17.8 Å². The van der Waals surface area contributed by atoms with E-state index in [1.54, 1.807) is 6.92 Å². The normalized spacial score (nSPS) is 14.8. The predicted molar refractivity (Wildman–Crippen MR) is 114 cm³/mol. The van der Waals surface area contributed by atoms with Crippen LogP contribution in [-0.4, -0.2) is 51.2 Å². The van der Waals surface area contributed by atoms with Crippen LogP contribution in [0, 0.1) is 0 Å². The molecule has 3 rings (SSSR count). The summed E-state index contributed by atoms with van der Waals surface area (Å²) in [5, 5.41) is 3.55. The van der Waals surface area contributed by atoms with Crippen molar-refractivity contribution in [1.82, 2.24) is 0 Å². The van der Waals surface area contributed by atoms with Gasteiger partial charge in [0, 0.05) is 10.9 Å². The number of ether oxygens (including phenoxy) is 1. The van der Waals surface area contributed by atoms with Gasteiger partial charge in [-0.2, -0.15) is 0 Å². The molecule has 0 unspecified atom stereocenters. The minimum absolute atomic E-state index is 0.0672. The highest BCUT2D eigenvalue weighted by Crippen LogP contribution is 2.33. The zero-order valence-corrected chi connectivity index (χ0v) is 18.1. The number of nitrogens with zero attached hydrogens (tertiary/aromatic N) is 1. The maximum atomic E-state index is 12.6. The van der Waals surface area contributed by atoms with Gasteiger partial charge in [-0.1, -0.05) is 19.9 Å². The second kappa shape index (κ2) is 9.84. The van der Waals surface area contributed by atoms with Crippen LogP contribution in [0.5, 0.6) is 0 Å². The number of nitrogens with one attached hydrogen (secondary N) is 3. The number of aromatic nitrogens is 1. The molecule has 2 aromatic heterocycles. The number of hydrogen-bond donors (Lipinski definition) is 2. The molecule has 1 amide bonds. The highest BCUT2D eigenvalue weighted by atomic mass is 32.1. The van der Waals surface area contributed by atoms with Crippen molar-refractivity contribution in [1.29, 1.82) is 0 Å². The number of carbonyl (C=O) groups excluding carboxylic acids is 2. The molecule has 0 spiro atoms. The summed E-state index contributed by atoms with van der Waals surface area (Å²) in [4.78, 5) is 32.8. The molecule has 1 saturated heterocycles. The predicted octanol–water partition coefficient (Wildman–Crippen LogP) is 1.21. The van der Waals surface area contributed by atoms with Gasteiger partial charge in [0.1, 0.15) is 31.2 Å². The zero-order chi connectivity index (χ0) is 20.8. The van der Waals surface area contributed by atoms with Gasteiger partial charge in [0.25, 0.3) is 11.7 Å². The van der Waals surface area contributed by atoms with E-state index >= 15 is 0 Å². The highest BCUT2D eigenvalue weighted by molar-refractivity contribution is 7.16. The SMILES string of the molecule is CCOC(=O)c1cc(C(C)C)sc1NC(=O)C[NH+]1CCN(c2cccc[nH+]2)CC1. The Morgan fingerprint density at radius 1 is 1.31 bits per heavy atom. The third kappa shape index (κ3) is 5.55. The van der Waals surface area contributed by atoms with Crippen molar-refractivity contribution in [2.24, 2.45) is 0 Å². The standard InChI is InChI=1S/C21H28N4O3S/c1-4-28-21(27)16-13-17(15(2)3)29-20(16)23-19(26)14-24-9-11-25(12-10-24)18-7-5-6-8-22-18/h5-8,13,15H,4,9-12,14H2,1-3H3,(H,23,26)/p+2. The van der Waals surface area contributed by atoms with E-state index in [0.29, 0.717) is 23.7 Å². The first kappa shape index (κ1) is 21.3. The monoisotopic (exact) mass is 418 g/mol. The van der Waals surface area contributed by atoms with Gasteiger partial charge in [-0.05, 0) is 25.0 Å². The molecule has 1 fully saturated rings. The smallest absolute Gasteiger partial charge is 0.341 e. The van der Waals surface area contributed by atoms with Gasteiger partial charge in [-0.15, -0.1) is 11.3 Å². The summed E-state index contributed by atoms with van der Waals surface area (Å²) < 4.78 is 5.15. The van der Waals surface area contributed by atoms with Crippen LogP contribution in [-0.2, 0) is 9.53 Å². The molecule has 1 aliphatic rings. The van der Waals surface area contributed by atoms with Crippen LogP contribution in [0.1, 0.15) is 41.9 Å². The molecule has 0 atom stereocenters. The first-order valence-corrected chi connectivity index (χ1v) is 11.0. The molecule has 0 aromatic carbocycles. The van der Waals surface area contributed by atoms with E-state index in [1.807, 2.05) is 24.4 Å². The summed E-state index contributed by atoms with van der Waals surface area (Å²) in [6, 6.07) is 7.89. The minimum atomic E-state index is -0.383. The van der Waals surface area contributed by atoms with Crippen molar-refractivity contribution in [3.8, 4) is 0 Å². The molecule has 0 aliphatic carbocycles. The number of thiophene rings is 1. The van der Waals surface area contributed by atoms with E-state index in [2.05, 4.69) is 35.1 Å². The van der Waals surface area contributed by atoms with Crippen LogP contribution in [0.15, 0.2) is 30.5 Å². The van der Waals surface area contributed by atoms with Gasteiger partial charge >= 0.3 is 5.97 Å². The van der Waals surface area contributed by atoms with Crippen LogP contribution in [0.4, 0.5) is 10.8 Å². The number of rotatable bonds is 7. The van der Waals surface area contributed by atoms with Crippen molar-refractivity contribution < 1.29 is 24.2 Å². The topological polar surface area (TPSA) is 77.2 Å². The van der Waals surface area contributed by atoms with Gasteiger partial charge in [0.05, 0.1) is 18.4 Å². The lowest BCUT2D eigenvalue weighted by atomic mass is 10.1. The number of esters is 1. The largest absolute Gasteiger partial charge is 0.462 e. The quantitative estimate of drug-likeness (QED) is 0.663. The fourth-order valence-electron chi connectivity index (χ4n) is 3.37. The fourth-order valence-corrected chi connectivity index (χ4v) is 4.43. The molecule has 3 N–H and O–H groups in total. The molecule has 29 heavy (non-hydrogen) atoms. The summed E-state index contributed by atoms with van der Waals surface area (Å²) in [6.45, 7) is 10.2. The molecule has 2 aromatic rings. The maximum absolute atomic E-state index is 12.6. The van der Waals surface area contributed by atoms with E-state index in [4.69, 9.17) is 4.74 Å². The third-order valence-corrected chi connectivity index (χ3v) is 6.33. The zero-order valence-electron chi connectivity index (χ0n) is 17.3. The minimum Gasteiger partial charge on any atom is -0.462 e. The maximum Gasteiger partial charge on any atom is 0.341 e. The number of H-pyrrole nitrogens is 1. The number of amides is 1. The molecule has 0 bridgehead atoms. The Balaban J connectivity index is 1.58. The molecule has 0 radical (unpaired) electrons. The van der Waals surface area contributed by atoms with Crippen LogP contribution >= 0.6 is 11.3 Å². The summed E-state index contributed by atoms with van der Waals surface area (Å²) in [7, 11) is 0. The van der Waals surface area contributed by atoms with Gasteiger partial charge in [-0.25, -0.2) is 9.78 Å². The Bertz CT molecular complexity index is 830. The lowest BCUT2D eigenvalue weighted by molar-refractivity contribution is -0.892. The average Bonchev–Trinajstić information content (AvgIpc) is 3.13. The second-order valence-corrected chi connectivity index (χ2v) is 8.56. The number of quaternary nitrogens is 1. The molecule has 156 valence electrons. The lowest BCUT2D eigenvalue weighted by Crippen LogP contribution is -3.15. The van der Waals surface area contributed by atoms with Gasteiger partial charge in [0.15, 0.2) is 6.54 Å². The molecule has 7 nitrogen and oxygen atoms in total. The van der Waals surface area contributed by atoms with Crippen molar-refractivity contribution in [3.63, 3.8) is 0 Å². The Morgan fingerprint density at radius 3 is 2.69 bits per heavy atom. The van der Waals surface area contributed by atoms with Crippen LogP contribution in [0.2, 0.25) is 0 Å². The summed E-state index contributed by atoms with van der Waals surface area (Å²) in [5.74, 6) is 0.940. The van der Waals surface area contributed by atoms with Crippen LogP contribution in [0.3, 0.4) is 0 Å². The number of anilines is 2. The average molecular weight is 419 g/mol. The van der Waals surface area contributed by atoms with Crippen molar-refractivity contribution in [2.75, 3.05) is 49.5 Å². The number of aromatic amines is 1. The number of piperazine rings is 1. The first-order valence-electron chi connectivity index (χ1n) is 10.1. The number of hydrogen-bond acceptors (Lipinski definition) is 5. The second-order valence-electron chi connectivity index (χ2n) is 7.48. The van der Waals surface area contributed by atoms with E-state index in [1.165, 1.54) is 16.2 Å². The lowest BCUT2D eigenvalue weighted by Gasteiger charge is -2.27. The third-order valence-electron chi connectivity index (χ3n) is 4.98. The summed E-state index contributed by atoms with van der Waals surface area (Å²) >= 11 is 1.46. The summed E-state index contributed by atoms with van der Waals surface area (Å²) in [6.07, 6.45) is 1.93. The number of carbonyl (C=O) groups is 2. The Kier molecular flexibility index (Phi) is 7.22. The number of pyridine rings is 1.